The summed E-state index contributed by atoms with van der Waals surface area (Å²) < 4.78 is 7.72. The number of benzene rings is 3. The van der Waals surface area contributed by atoms with Crippen molar-refractivity contribution in [2.75, 3.05) is 17.7 Å². The van der Waals surface area contributed by atoms with E-state index in [4.69, 9.17) is 9.72 Å². The topological polar surface area (TPSA) is 56.2 Å². The van der Waals surface area contributed by atoms with Gasteiger partial charge in [0.2, 0.25) is 5.91 Å². The Morgan fingerprint density at radius 3 is 2.41 bits per heavy atom. The highest BCUT2D eigenvalue weighted by Gasteiger charge is 2.14. The SMILES string of the molecule is O=C(Cn1c(SCCOc2ccccc2)nc2ccccc21)Nc1ccccc1. The van der Waals surface area contributed by atoms with E-state index in [-0.39, 0.29) is 12.5 Å². The Labute approximate surface area is 173 Å². The molecule has 1 heterocycles. The molecule has 0 bridgehead atoms. The fraction of sp³-hybridized carbons (Fsp3) is 0.130. The summed E-state index contributed by atoms with van der Waals surface area (Å²) in [5.41, 5.74) is 2.61. The second-order valence-corrected chi connectivity index (χ2v) is 7.46. The highest BCUT2D eigenvalue weighted by molar-refractivity contribution is 7.99. The van der Waals surface area contributed by atoms with Crippen LogP contribution in [0.4, 0.5) is 5.69 Å². The maximum atomic E-state index is 12.6. The van der Waals surface area contributed by atoms with Crippen LogP contribution < -0.4 is 10.1 Å². The van der Waals surface area contributed by atoms with Crippen molar-refractivity contribution in [1.29, 1.82) is 0 Å². The van der Waals surface area contributed by atoms with Gasteiger partial charge >= 0.3 is 0 Å². The Hall–Kier alpha value is -3.25. The summed E-state index contributed by atoms with van der Waals surface area (Å²) in [5, 5.41) is 3.75. The van der Waals surface area contributed by atoms with Crippen LogP contribution in [0.1, 0.15) is 0 Å². The molecule has 4 aromatic rings. The number of nitrogens with one attached hydrogen (secondary N) is 1. The van der Waals surface area contributed by atoms with Gasteiger partial charge in [-0.1, -0.05) is 60.3 Å². The average Bonchev–Trinajstić information content (AvgIpc) is 3.10. The van der Waals surface area contributed by atoms with Crippen molar-refractivity contribution >= 4 is 34.4 Å². The molecule has 0 radical (unpaired) electrons. The van der Waals surface area contributed by atoms with E-state index in [9.17, 15) is 4.79 Å². The van der Waals surface area contributed by atoms with Gasteiger partial charge in [0, 0.05) is 11.4 Å². The fourth-order valence-corrected chi connectivity index (χ4v) is 3.82. The van der Waals surface area contributed by atoms with Crippen LogP contribution in [0, 0.1) is 0 Å². The Morgan fingerprint density at radius 2 is 1.62 bits per heavy atom. The molecule has 3 aromatic carbocycles. The molecule has 6 heteroatoms. The van der Waals surface area contributed by atoms with Gasteiger partial charge < -0.3 is 14.6 Å². The molecule has 0 aliphatic rings. The molecule has 0 fully saturated rings. The van der Waals surface area contributed by atoms with E-state index < -0.39 is 0 Å². The number of amides is 1. The lowest BCUT2D eigenvalue weighted by Crippen LogP contribution is -2.19. The van der Waals surface area contributed by atoms with Crippen LogP contribution in [0.3, 0.4) is 0 Å². The molecule has 0 aliphatic heterocycles. The zero-order valence-corrected chi connectivity index (χ0v) is 16.6. The van der Waals surface area contributed by atoms with Crippen LogP contribution in [-0.4, -0.2) is 27.8 Å². The third-order valence-electron chi connectivity index (χ3n) is 4.31. The second kappa shape index (κ2) is 9.30. The van der Waals surface area contributed by atoms with Crippen LogP contribution >= 0.6 is 11.8 Å². The fourth-order valence-electron chi connectivity index (χ4n) is 2.99. The molecule has 0 saturated heterocycles. The average molecular weight is 404 g/mol. The highest BCUT2D eigenvalue weighted by atomic mass is 32.2. The summed E-state index contributed by atoms with van der Waals surface area (Å²) in [7, 11) is 0. The maximum Gasteiger partial charge on any atom is 0.244 e. The lowest BCUT2D eigenvalue weighted by Gasteiger charge is -2.10. The largest absolute Gasteiger partial charge is 0.493 e. The smallest absolute Gasteiger partial charge is 0.244 e. The van der Waals surface area contributed by atoms with E-state index in [0.29, 0.717) is 6.61 Å². The molecule has 1 amide bonds. The first-order valence-electron chi connectivity index (χ1n) is 9.40. The van der Waals surface area contributed by atoms with Crippen LogP contribution in [0.15, 0.2) is 90.1 Å². The van der Waals surface area contributed by atoms with Crippen molar-refractivity contribution < 1.29 is 9.53 Å². The van der Waals surface area contributed by atoms with Gasteiger partial charge in [0.1, 0.15) is 12.3 Å². The molecule has 29 heavy (non-hydrogen) atoms. The monoisotopic (exact) mass is 403 g/mol. The number of hydrogen-bond donors (Lipinski definition) is 1. The molecular weight excluding hydrogens is 382 g/mol. The molecule has 0 unspecified atom stereocenters. The van der Waals surface area contributed by atoms with Gasteiger partial charge in [-0.2, -0.15) is 0 Å². The van der Waals surface area contributed by atoms with Gasteiger partial charge in [-0.25, -0.2) is 4.98 Å². The van der Waals surface area contributed by atoms with E-state index in [2.05, 4.69) is 5.32 Å². The number of nitrogens with zero attached hydrogens (tertiary/aromatic N) is 2. The van der Waals surface area contributed by atoms with Gasteiger partial charge in [0.05, 0.1) is 17.6 Å². The first-order valence-corrected chi connectivity index (χ1v) is 10.4. The van der Waals surface area contributed by atoms with Gasteiger partial charge in [-0.3, -0.25) is 4.79 Å². The number of rotatable bonds is 8. The number of ether oxygens (including phenoxy) is 1. The van der Waals surface area contributed by atoms with Crippen LogP contribution in [-0.2, 0) is 11.3 Å². The number of para-hydroxylation sites is 4. The molecule has 4 rings (SSSR count). The van der Waals surface area contributed by atoms with E-state index in [0.717, 1.165) is 33.4 Å². The molecule has 0 spiro atoms. The van der Waals surface area contributed by atoms with Crippen molar-refractivity contribution in [2.45, 2.75) is 11.7 Å². The summed E-state index contributed by atoms with van der Waals surface area (Å²) in [6, 6.07) is 27.1. The lowest BCUT2D eigenvalue weighted by molar-refractivity contribution is -0.116. The van der Waals surface area contributed by atoms with E-state index >= 15 is 0 Å². The van der Waals surface area contributed by atoms with Gasteiger partial charge in [-0.05, 0) is 36.4 Å². The van der Waals surface area contributed by atoms with Crippen LogP contribution in [0.5, 0.6) is 5.75 Å². The normalized spacial score (nSPS) is 10.8. The Kier molecular flexibility index (Phi) is 6.12. The van der Waals surface area contributed by atoms with Crippen LogP contribution in [0.2, 0.25) is 0 Å². The quantitative estimate of drug-likeness (QED) is 0.338. The van der Waals surface area contributed by atoms with Crippen molar-refractivity contribution in [3.63, 3.8) is 0 Å². The zero-order chi connectivity index (χ0) is 19.9. The number of thioether (sulfide) groups is 1. The molecule has 5 nitrogen and oxygen atoms in total. The van der Waals surface area contributed by atoms with Crippen molar-refractivity contribution in [3.05, 3.63) is 84.9 Å². The molecule has 0 saturated carbocycles. The number of aromatic nitrogens is 2. The second-order valence-electron chi connectivity index (χ2n) is 6.39. The number of anilines is 1. The molecule has 0 atom stereocenters. The van der Waals surface area contributed by atoms with Gasteiger partial charge in [-0.15, -0.1) is 0 Å². The van der Waals surface area contributed by atoms with E-state index in [1.165, 1.54) is 0 Å². The predicted octanol–water partition coefficient (Wildman–Crippen LogP) is 4.85. The molecule has 1 aromatic heterocycles. The van der Waals surface area contributed by atoms with Crippen molar-refractivity contribution in [3.8, 4) is 5.75 Å². The summed E-state index contributed by atoms with van der Waals surface area (Å²) in [6.07, 6.45) is 0. The third-order valence-corrected chi connectivity index (χ3v) is 5.25. The molecule has 0 aliphatic carbocycles. The first kappa shape index (κ1) is 19.1. The zero-order valence-electron chi connectivity index (χ0n) is 15.8. The number of carbonyl (C=O) groups is 1. The number of fused-ring (bicyclic) bond motifs is 1. The Balaban J connectivity index is 1.44. The summed E-state index contributed by atoms with van der Waals surface area (Å²) in [6.45, 7) is 0.769. The van der Waals surface area contributed by atoms with E-state index in [1.54, 1.807) is 11.8 Å². The van der Waals surface area contributed by atoms with Crippen molar-refractivity contribution in [1.82, 2.24) is 9.55 Å². The Bertz CT molecular complexity index is 1080. The minimum Gasteiger partial charge on any atom is -0.493 e. The Morgan fingerprint density at radius 1 is 0.931 bits per heavy atom. The minimum atomic E-state index is -0.0817. The first-order chi connectivity index (χ1) is 14.3. The summed E-state index contributed by atoms with van der Waals surface area (Å²) in [5.74, 6) is 1.50. The summed E-state index contributed by atoms with van der Waals surface area (Å²) in [4.78, 5) is 17.3. The molecular formula is C23H21N3O2S. The lowest BCUT2D eigenvalue weighted by atomic mass is 10.3. The predicted molar refractivity (Wildman–Crippen MR) is 117 cm³/mol. The minimum absolute atomic E-state index is 0.0817. The van der Waals surface area contributed by atoms with Crippen LogP contribution in [0.25, 0.3) is 11.0 Å². The standard InChI is InChI=1S/C23H21N3O2S/c27-22(24-18-9-3-1-4-10-18)17-26-21-14-8-7-13-20(21)25-23(26)29-16-15-28-19-11-5-2-6-12-19/h1-14H,15-17H2,(H,24,27). The summed E-state index contributed by atoms with van der Waals surface area (Å²) >= 11 is 1.59. The molecule has 1 N–H and O–H groups in total. The highest BCUT2D eigenvalue weighted by Crippen LogP contribution is 2.24. The van der Waals surface area contributed by atoms with Gasteiger partial charge in [0.25, 0.3) is 0 Å². The third kappa shape index (κ3) is 4.97. The van der Waals surface area contributed by atoms with E-state index in [1.807, 2.05) is 89.5 Å². The number of imidazole rings is 1. The number of hydrogen-bond acceptors (Lipinski definition) is 4. The number of carbonyl (C=O) groups excluding carboxylic acids is 1. The van der Waals surface area contributed by atoms with Gasteiger partial charge in [0.15, 0.2) is 5.16 Å². The maximum absolute atomic E-state index is 12.6. The molecule has 146 valence electrons. The van der Waals surface area contributed by atoms with Crippen molar-refractivity contribution in [2.24, 2.45) is 0 Å².